The molecule has 1 aromatic carbocycles. The van der Waals surface area contributed by atoms with Gasteiger partial charge in [0, 0.05) is 23.8 Å². The smallest absolute Gasteiger partial charge is 0.127 e. The Morgan fingerprint density at radius 1 is 0.909 bits per heavy atom. The van der Waals surface area contributed by atoms with E-state index < -0.39 is 0 Å². The molecular formula is C30H52O3. The number of rotatable bonds is 14. The lowest BCUT2D eigenvalue weighted by molar-refractivity contribution is 0.0508. The Bertz CT molecular complexity index is 739. The summed E-state index contributed by atoms with van der Waals surface area (Å²) >= 11 is 0. The Morgan fingerprint density at radius 3 is 2.06 bits per heavy atom. The zero-order valence-corrected chi connectivity index (χ0v) is 23.0. The van der Waals surface area contributed by atoms with Gasteiger partial charge in [-0.3, -0.25) is 0 Å². The fraction of sp³-hybridized carbons (Fsp3) is 0.800. The van der Waals surface area contributed by atoms with Crippen molar-refractivity contribution < 1.29 is 14.6 Å². The maximum Gasteiger partial charge on any atom is 0.127 e. The van der Waals surface area contributed by atoms with Crippen molar-refractivity contribution in [3.8, 4) is 11.5 Å². The number of methoxy groups -OCH3 is 1. The van der Waals surface area contributed by atoms with Gasteiger partial charge in [-0.15, -0.1) is 0 Å². The van der Waals surface area contributed by atoms with Crippen molar-refractivity contribution >= 4 is 0 Å². The van der Waals surface area contributed by atoms with Gasteiger partial charge in [-0.1, -0.05) is 72.6 Å². The van der Waals surface area contributed by atoms with Gasteiger partial charge in [0.15, 0.2) is 0 Å². The molecule has 0 fully saturated rings. The molecule has 1 aromatic rings. The number of hydrogen-bond donors (Lipinski definition) is 1. The van der Waals surface area contributed by atoms with E-state index >= 15 is 0 Å². The molecular weight excluding hydrogens is 408 g/mol. The summed E-state index contributed by atoms with van der Waals surface area (Å²) in [5.74, 6) is 3.88. The molecule has 1 aliphatic rings. The minimum Gasteiger partial charge on any atom is -0.507 e. The molecule has 0 bridgehead atoms. The van der Waals surface area contributed by atoms with Gasteiger partial charge in [0.25, 0.3) is 0 Å². The molecule has 1 aliphatic heterocycles. The number of phenols is 1. The van der Waals surface area contributed by atoms with Crippen LogP contribution in [-0.4, -0.2) is 17.8 Å². The van der Waals surface area contributed by atoms with Crippen LogP contribution in [0.4, 0.5) is 0 Å². The van der Waals surface area contributed by atoms with E-state index in [9.17, 15) is 5.11 Å². The van der Waals surface area contributed by atoms with E-state index in [1.54, 1.807) is 7.11 Å². The van der Waals surface area contributed by atoms with Crippen LogP contribution >= 0.6 is 0 Å². The number of aromatic hydroxyl groups is 1. The van der Waals surface area contributed by atoms with Crippen molar-refractivity contribution in [2.24, 2.45) is 17.8 Å². The fourth-order valence-corrected chi connectivity index (χ4v) is 5.51. The minimum atomic E-state index is -0.115. The molecule has 3 heteroatoms. The van der Waals surface area contributed by atoms with E-state index in [0.29, 0.717) is 12.4 Å². The summed E-state index contributed by atoms with van der Waals surface area (Å²) in [7, 11) is 1.67. The lowest BCUT2D eigenvalue weighted by Gasteiger charge is -2.38. The topological polar surface area (TPSA) is 38.7 Å². The highest BCUT2D eigenvalue weighted by Crippen LogP contribution is 2.45. The Balaban J connectivity index is 1.80. The summed E-state index contributed by atoms with van der Waals surface area (Å²) in [6, 6.07) is 0. The van der Waals surface area contributed by atoms with E-state index in [2.05, 4.69) is 41.5 Å². The van der Waals surface area contributed by atoms with Gasteiger partial charge in [0.2, 0.25) is 0 Å². The highest BCUT2D eigenvalue weighted by atomic mass is 16.5. The predicted octanol–water partition coefficient (Wildman–Crippen LogP) is 8.68. The van der Waals surface area contributed by atoms with Crippen LogP contribution < -0.4 is 4.74 Å². The second-order valence-corrected chi connectivity index (χ2v) is 11.7. The molecule has 0 aliphatic carbocycles. The van der Waals surface area contributed by atoms with Gasteiger partial charge < -0.3 is 14.6 Å². The van der Waals surface area contributed by atoms with Crippen LogP contribution in [0.15, 0.2) is 0 Å². The zero-order valence-electron chi connectivity index (χ0n) is 23.0. The molecule has 1 heterocycles. The SMILES string of the molecule is COCc1c(C)c2c(c(C)c1O)CC[C@@](C)(CCC[C@H](C)CCC[C@H](C)CCCC(C)C)O2. The highest BCUT2D eigenvalue weighted by Gasteiger charge is 2.34. The third-order valence-corrected chi connectivity index (χ3v) is 7.98. The van der Waals surface area contributed by atoms with Crippen LogP contribution in [0.5, 0.6) is 11.5 Å². The summed E-state index contributed by atoms with van der Waals surface area (Å²) in [5, 5.41) is 10.6. The molecule has 33 heavy (non-hydrogen) atoms. The molecule has 2 rings (SSSR count). The quantitative estimate of drug-likeness (QED) is 0.302. The lowest BCUT2D eigenvalue weighted by Crippen LogP contribution is -2.37. The molecule has 190 valence electrons. The van der Waals surface area contributed by atoms with E-state index in [4.69, 9.17) is 9.47 Å². The van der Waals surface area contributed by atoms with Crippen LogP contribution in [0.3, 0.4) is 0 Å². The third-order valence-electron chi connectivity index (χ3n) is 7.98. The normalized spacial score (nSPS) is 19.9. The monoisotopic (exact) mass is 460 g/mol. The summed E-state index contributed by atoms with van der Waals surface area (Å²) < 4.78 is 12.0. The van der Waals surface area contributed by atoms with Gasteiger partial charge >= 0.3 is 0 Å². The first kappa shape index (κ1) is 28.0. The number of fused-ring (bicyclic) bond motifs is 1. The van der Waals surface area contributed by atoms with Crippen LogP contribution in [0.25, 0.3) is 0 Å². The summed E-state index contributed by atoms with van der Waals surface area (Å²) in [6.07, 6.45) is 13.9. The molecule has 0 aromatic heterocycles. The zero-order chi connectivity index (χ0) is 24.6. The van der Waals surface area contributed by atoms with Gasteiger partial charge in [-0.05, 0) is 69.8 Å². The molecule has 0 saturated heterocycles. The molecule has 0 radical (unpaired) electrons. The maximum absolute atomic E-state index is 10.6. The maximum atomic E-state index is 10.6. The van der Waals surface area contributed by atoms with Crippen molar-refractivity contribution in [1.82, 2.24) is 0 Å². The Labute approximate surface area is 204 Å². The van der Waals surface area contributed by atoms with Gasteiger partial charge in [0.05, 0.1) is 6.61 Å². The Morgan fingerprint density at radius 2 is 1.48 bits per heavy atom. The van der Waals surface area contributed by atoms with E-state index in [1.165, 1.54) is 56.9 Å². The van der Waals surface area contributed by atoms with Crippen LogP contribution in [0.1, 0.15) is 121 Å². The van der Waals surface area contributed by atoms with Crippen molar-refractivity contribution in [3.05, 3.63) is 22.3 Å². The first-order chi connectivity index (χ1) is 15.6. The van der Waals surface area contributed by atoms with E-state index in [0.717, 1.165) is 59.5 Å². The standard InChI is InChI=1S/C30H52O3/c1-21(2)12-9-13-22(3)14-10-15-23(4)16-11-18-30(7)19-17-26-24(5)28(31)27(20-32-8)25(6)29(26)33-30/h21-23,31H,9-20H2,1-8H3/t22-,23-,30-/m1/s1. The summed E-state index contributed by atoms with van der Waals surface area (Å²) in [4.78, 5) is 0. The largest absolute Gasteiger partial charge is 0.507 e. The van der Waals surface area contributed by atoms with Crippen molar-refractivity contribution in [2.45, 2.75) is 131 Å². The average molecular weight is 461 g/mol. The number of hydrogen-bond acceptors (Lipinski definition) is 3. The molecule has 3 atom stereocenters. The van der Waals surface area contributed by atoms with Gasteiger partial charge in [0.1, 0.15) is 17.1 Å². The highest BCUT2D eigenvalue weighted by molar-refractivity contribution is 5.58. The second-order valence-electron chi connectivity index (χ2n) is 11.7. The van der Waals surface area contributed by atoms with Crippen LogP contribution in [0, 0.1) is 31.6 Å². The van der Waals surface area contributed by atoms with E-state index in [-0.39, 0.29) is 5.60 Å². The first-order valence-electron chi connectivity index (χ1n) is 13.6. The van der Waals surface area contributed by atoms with Crippen LogP contribution in [-0.2, 0) is 17.8 Å². The lowest BCUT2D eigenvalue weighted by atomic mass is 9.83. The first-order valence-corrected chi connectivity index (χ1v) is 13.6. The minimum absolute atomic E-state index is 0.115. The third kappa shape index (κ3) is 8.19. The van der Waals surface area contributed by atoms with Crippen molar-refractivity contribution in [1.29, 1.82) is 0 Å². The molecule has 3 nitrogen and oxygen atoms in total. The number of benzene rings is 1. The predicted molar refractivity (Wildman–Crippen MR) is 140 cm³/mol. The molecule has 0 saturated carbocycles. The summed E-state index contributed by atoms with van der Waals surface area (Å²) in [6.45, 7) is 16.3. The van der Waals surface area contributed by atoms with Crippen molar-refractivity contribution in [2.75, 3.05) is 7.11 Å². The van der Waals surface area contributed by atoms with Crippen LogP contribution in [0.2, 0.25) is 0 Å². The second kappa shape index (κ2) is 13.0. The number of phenolic OH excluding ortho intramolecular Hbond substituents is 1. The fourth-order valence-electron chi connectivity index (χ4n) is 5.51. The molecule has 0 unspecified atom stereocenters. The molecule has 0 amide bonds. The molecule has 0 spiro atoms. The van der Waals surface area contributed by atoms with E-state index in [1.807, 2.05) is 6.92 Å². The Hall–Kier alpha value is -1.22. The Kier molecular flexibility index (Phi) is 11.1. The van der Waals surface area contributed by atoms with Gasteiger partial charge in [-0.25, -0.2) is 0 Å². The summed E-state index contributed by atoms with van der Waals surface area (Å²) in [5.41, 5.74) is 3.92. The number of ether oxygens (including phenoxy) is 2. The van der Waals surface area contributed by atoms with Gasteiger partial charge in [-0.2, -0.15) is 0 Å². The average Bonchev–Trinajstić information content (AvgIpc) is 2.75. The molecule has 1 N–H and O–H groups in total. The van der Waals surface area contributed by atoms with Crippen molar-refractivity contribution in [3.63, 3.8) is 0 Å².